The summed E-state index contributed by atoms with van der Waals surface area (Å²) < 4.78 is 29.6. The van der Waals surface area contributed by atoms with E-state index in [1.807, 2.05) is 43.1 Å². The second-order valence-corrected chi connectivity index (χ2v) is 6.94. The van der Waals surface area contributed by atoms with E-state index in [0.717, 1.165) is 30.1 Å². The predicted octanol–water partition coefficient (Wildman–Crippen LogP) is 0.642. The van der Waals surface area contributed by atoms with Gasteiger partial charge in [-0.05, 0) is 24.6 Å². The Morgan fingerprint density at radius 2 is 1.96 bits per heavy atom. The minimum Gasteiger partial charge on any atom is -0.497 e. The number of rotatable bonds is 8. The maximum atomic E-state index is 11.0. The fourth-order valence-electron chi connectivity index (χ4n) is 1.94. The average molecular weight is 342 g/mol. The Kier molecular flexibility index (Phi) is 7.84. The van der Waals surface area contributed by atoms with E-state index in [2.05, 4.69) is 15.0 Å². The molecule has 8 heteroatoms. The molecule has 0 fully saturated rings. The molecular weight excluding hydrogens is 316 g/mol. The average Bonchev–Trinajstić information content (AvgIpc) is 2.50. The molecule has 0 heterocycles. The van der Waals surface area contributed by atoms with Crippen LogP contribution >= 0.6 is 0 Å². The van der Waals surface area contributed by atoms with Gasteiger partial charge in [-0.15, -0.1) is 0 Å². The summed E-state index contributed by atoms with van der Waals surface area (Å²) in [6, 6.07) is 7.85. The molecule has 0 spiro atoms. The van der Waals surface area contributed by atoms with Crippen LogP contribution in [0.1, 0.15) is 12.5 Å². The predicted molar refractivity (Wildman–Crippen MR) is 93.3 cm³/mol. The van der Waals surface area contributed by atoms with E-state index in [-0.39, 0.29) is 6.54 Å². The fraction of sp³-hybridized carbons (Fsp3) is 0.533. The summed E-state index contributed by atoms with van der Waals surface area (Å²) in [6.07, 6.45) is 1.14. The van der Waals surface area contributed by atoms with Crippen LogP contribution in [0.3, 0.4) is 0 Å². The third kappa shape index (κ3) is 7.85. The SMILES string of the molecule is CCNC(=NCCNS(C)(=O)=O)N(C)Cc1ccc(OC)cc1. The third-order valence-corrected chi connectivity index (χ3v) is 3.74. The van der Waals surface area contributed by atoms with Crippen molar-refractivity contribution in [3.8, 4) is 5.75 Å². The Bertz CT molecular complexity index is 600. The van der Waals surface area contributed by atoms with Crippen molar-refractivity contribution in [3.63, 3.8) is 0 Å². The van der Waals surface area contributed by atoms with Crippen LogP contribution in [0.5, 0.6) is 5.75 Å². The van der Waals surface area contributed by atoms with Crippen molar-refractivity contribution in [2.24, 2.45) is 4.99 Å². The molecule has 0 aliphatic rings. The lowest BCUT2D eigenvalue weighted by Crippen LogP contribution is -2.39. The van der Waals surface area contributed by atoms with Crippen LogP contribution in [0.25, 0.3) is 0 Å². The highest BCUT2D eigenvalue weighted by atomic mass is 32.2. The topological polar surface area (TPSA) is 83.0 Å². The van der Waals surface area contributed by atoms with Gasteiger partial charge < -0.3 is 15.0 Å². The van der Waals surface area contributed by atoms with E-state index < -0.39 is 10.0 Å². The molecule has 0 aliphatic carbocycles. The summed E-state index contributed by atoms with van der Waals surface area (Å²) in [6.45, 7) is 4.08. The van der Waals surface area contributed by atoms with Crippen LogP contribution in [0.2, 0.25) is 0 Å². The molecule has 23 heavy (non-hydrogen) atoms. The van der Waals surface area contributed by atoms with Crippen LogP contribution in [-0.2, 0) is 16.6 Å². The van der Waals surface area contributed by atoms with Crippen LogP contribution < -0.4 is 14.8 Å². The summed E-state index contributed by atoms with van der Waals surface area (Å²) in [5.41, 5.74) is 1.13. The Labute approximate surface area is 138 Å². The van der Waals surface area contributed by atoms with E-state index in [4.69, 9.17) is 4.74 Å². The molecule has 0 saturated heterocycles. The monoisotopic (exact) mass is 342 g/mol. The standard InChI is InChI=1S/C15H26N4O3S/c1-5-16-15(17-10-11-18-23(4,20)21)19(2)12-13-6-8-14(22-3)9-7-13/h6-9,18H,5,10-12H2,1-4H3,(H,16,17). The molecule has 7 nitrogen and oxygen atoms in total. The molecule has 1 aromatic rings. The van der Waals surface area contributed by atoms with Crippen LogP contribution in [-0.4, -0.2) is 59.3 Å². The molecule has 2 N–H and O–H groups in total. The lowest BCUT2D eigenvalue weighted by molar-refractivity contribution is 0.414. The second kappa shape index (κ2) is 9.36. The number of methoxy groups -OCH3 is 1. The molecule has 0 bridgehead atoms. The minimum atomic E-state index is -3.17. The fourth-order valence-corrected chi connectivity index (χ4v) is 2.40. The van der Waals surface area contributed by atoms with Gasteiger partial charge in [0.25, 0.3) is 0 Å². The minimum absolute atomic E-state index is 0.282. The summed E-state index contributed by atoms with van der Waals surface area (Å²) in [7, 11) is 0.406. The van der Waals surface area contributed by atoms with E-state index in [0.29, 0.717) is 13.1 Å². The first kappa shape index (κ1) is 19.2. The lowest BCUT2D eigenvalue weighted by atomic mass is 10.2. The lowest BCUT2D eigenvalue weighted by Gasteiger charge is -2.22. The van der Waals surface area contributed by atoms with Gasteiger partial charge in [-0.2, -0.15) is 0 Å². The van der Waals surface area contributed by atoms with Crippen LogP contribution in [0.15, 0.2) is 29.3 Å². The highest BCUT2D eigenvalue weighted by Gasteiger charge is 2.07. The first-order valence-corrected chi connectivity index (χ1v) is 9.32. The zero-order valence-corrected chi connectivity index (χ0v) is 15.0. The number of nitrogens with one attached hydrogen (secondary N) is 2. The maximum Gasteiger partial charge on any atom is 0.208 e. The zero-order valence-electron chi connectivity index (χ0n) is 14.2. The Morgan fingerprint density at radius 3 is 2.48 bits per heavy atom. The molecule has 0 amide bonds. The molecule has 0 saturated carbocycles. The summed E-state index contributed by atoms with van der Waals surface area (Å²) in [4.78, 5) is 6.42. The Hall–Kier alpha value is -1.80. The number of sulfonamides is 1. The number of hydrogen-bond donors (Lipinski definition) is 2. The molecule has 130 valence electrons. The summed E-state index contributed by atoms with van der Waals surface area (Å²) in [5.74, 6) is 1.56. The molecule has 0 radical (unpaired) electrons. The smallest absolute Gasteiger partial charge is 0.208 e. The van der Waals surface area contributed by atoms with Crippen molar-refractivity contribution < 1.29 is 13.2 Å². The van der Waals surface area contributed by atoms with Gasteiger partial charge in [-0.1, -0.05) is 12.1 Å². The summed E-state index contributed by atoms with van der Waals surface area (Å²) >= 11 is 0. The van der Waals surface area contributed by atoms with E-state index >= 15 is 0 Å². The van der Waals surface area contributed by atoms with Crippen molar-refractivity contribution in [2.75, 3.05) is 40.0 Å². The first-order valence-electron chi connectivity index (χ1n) is 7.42. The van der Waals surface area contributed by atoms with E-state index in [9.17, 15) is 8.42 Å². The number of aliphatic imine (C=N–C) groups is 1. The highest BCUT2D eigenvalue weighted by molar-refractivity contribution is 7.88. The molecular formula is C15H26N4O3S. The Morgan fingerprint density at radius 1 is 1.30 bits per heavy atom. The summed E-state index contributed by atoms with van der Waals surface area (Å²) in [5, 5.41) is 3.20. The molecule has 0 aliphatic heterocycles. The molecule has 1 rings (SSSR count). The maximum absolute atomic E-state index is 11.0. The van der Waals surface area contributed by atoms with Crippen molar-refractivity contribution in [2.45, 2.75) is 13.5 Å². The number of benzene rings is 1. The number of ether oxygens (including phenoxy) is 1. The second-order valence-electron chi connectivity index (χ2n) is 5.11. The molecule has 0 atom stereocenters. The van der Waals surface area contributed by atoms with E-state index in [1.54, 1.807) is 7.11 Å². The Balaban J connectivity index is 2.63. The van der Waals surface area contributed by atoms with Gasteiger partial charge in [0.2, 0.25) is 10.0 Å². The normalized spacial score (nSPS) is 12.1. The van der Waals surface area contributed by atoms with Gasteiger partial charge >= 0.3 is 0 Å². The van der Waals surface area contributed by atoms with E-state index in [1.165, 1.54) is 0 Å². The van der Waals surface area contributed by atoms with Crippen LogP contribution in [0.4, 0.5) is 0 Å². The van der Waals surface area contributed by atoms with Crippen LogP contribution in [0, 0.1) is 0 Å². The van der Waals surface area contributed by atoms with Gasteiger partial charge in [0.1, 0.15) is 5.75 Å². The first-order chi connectivity index (χ1) is 10.9. The highest BCUT2D eigenvalue weighted by Crippen LogP contribution is 2.12. The van der Waals surface area contributed by atoms with Crippen molar-refractivity contribution in [1.82, 2.24) is 14.9 Å². The van der Waals surface area contributed by atoms with Gasteiger partial charge in [-0.3, -0.25) is 4.99 Å². The van der Waals surface area contributed by atoms with Crippen molar-refractivity contribution in [1.29, 1.82) is 0 Å². The number of nitrogens with zero attached hydrogens (tertiary/aromatic N) is 2. The largest absolute Gasteiger partial charge is 0.497 e. The van der Waals surface area contributed by atoms with Gasteiger partial charge in [-0.25, -0.2) is 13.1 Å². The third-order valence-electron chi connectivity index (χ3n) is 3.01. The zero-order chi connectivity index (χ0) is 17.3. The molecule has 1 aromatic carbocycles. The molecule has 0 aromatic heterocycles. The van der Waals surface area contributed by atoms with Crippen molar-refractivity contribution in [3.05, 3.63) is 29.8 Å². The number of hydrogen-bond acceptors (Lipinski definition) is 4. The van der Waals surface area contributed by atoms with Crippen molar-refractivity contribution >= 4 is 16.0 Å². The van der Waals surface area contributed by atoms with Gasteiger partial charge in [0.05, 0.1) is 19.9 Å². The number of guanidine groups is 1. The van der Waals surface area contributed by atoms with Gasteiger partial charge in [0, 0.05) is 26.7 Å². The quantitative estimate of drug-likeness (QED) is 0.412. The van der Waals surface area contributed by atoms with Gasteiger partial charge in [0.15, 0.2) is 5.96 Å². The molecule has 0 unspecified atom stereocenters.